The summed E-state index contributed by atoms with van der Waals surface area (Å²) in [6.07, 6.45) is 0.382. The number of anilines is 1. The van der Waals surface area contributed by atoms with E-state index in [2.05, 4.69) is 10.6 Å². The molecule has 0 aromatic heterocycles. The van der Waals surface area contributed by atoms with Crippen molar-refractivity contribution in [2.45, 2.75) is 13.0 Å². The van der Waals surface area contributed by atoms with Crippen LogP contribution in [0.1, 0.15) is 11.1 Å². The van der Waals surface area contributed by atoms with E-state index < -0.39 is 0 Å². The van der Waals surface area contributed by atoms with Crippen molar-refractivity contribution in [1.29, 1.82) is 0 Å². The van der Waals surface area contributed by atoms with E-state index in [4.69, 9.17) is 17.0 Å². The van der Waals surface area contributed by atoms with Crippen LogP contribution in [0.2, 0.25) is 0 Å². The van der Waals surface area contributed by atoms with E-state index >= 15 is 0 Å². The van der Waals surface area contributed by atoms with Gasteiger partial charge in [-0.25, -0.2) is 4.39 Å². The van der Waals surface area contributed by atoms with E-state index in [1.807, 2.05) is 29.2 Å². The van der Waals surface area contributed by atoms with Gasteiger partial charge in [0.25, 0.3) is 0 Å². The zero-order chi connectivity index (χ0) is 19.1. The molecular formula is C20H22FN3O2S. The summed E-state index contributed by atoms with van der Waals surface area (Å²) in [4.78, 5) is 14.1. The number of nitrogens with zero attached hydrogens (tertiary/aromatic N) is 1. The molecule has 0 bridgehead atoms. The molecule has 1 fully saturated rings. The highest BCUT2D eigenvalue weighted by molar-refractivity contribution is 7.80. The number of rotatable bonds is 5. The van der Waals surface area contributed by atoms with Crippen molar-refractivity contribution in [2.75, 3.05) is 31.6 Å². The Kier molecular flexibility index (Phi) is 6.73. The van der Waals surface area contributed by atoms with E-state index in [0.717, 1.165) is 16.8 Å². The minimum Gasteiger partial charge on any atom is -0.378 e. The molecule has 2 aromatic rings. The highest BCUT2D eigenvalue weighted by Crippen LogP contribution is 2.12. The van der Waals surface area contributed by atoms with Gasteiger partial charge in [-0.3, -0.25) is 4.79 Å². The first-order chi connectivity index (χ1) is 13.1. The van der Waals surface area contributed by atoms with Gasteiger partial charge in [0.2, 0.25) is 5.91 Å². The van der Waals surface area contributed by atoms with Crippen LogP contribution in [0.15, 0.2) is 48.5 Å². The standard InChI is InChI=1S/C20H22FN3O2S/c21-17-5-1-16(2-6-17)14-22-20(27)23-18-7-3-15(4-8-18)13-19(25)24-9-11-26-12-10-24/h1-8H,9-14H2,(H2,22,23,27). The molecule has 1 saturated heterocycles. The van der Waals surface area contributed by atoms with Gasteiger partial charge < -0.3 is 20.3 Å². The summed E-state index contributed by atoms with van der Waals surface area (Å²) in [6, 6.07) is 13.9. The summed E-state index contributed by atoms with van der Waals surface area (Å²) in [6.45, 7) is 3.05. The monoisotopic (exact) mass is 387 g/mol. The molecule has 27 heavy (non-hydrogen) atoms. The van der Waals surface area contributed by atoms with Gasteiger partial charge >= 0.3 is 0 Å². The van der Waals surface area contributed by atoms with Crippen LogP contribution in [0.3, 0.4) is 0 Å². The molecule has 1 aliphatic heterocycles. The summed E-state index contributed by atoms with van der Waals surface area (Å²) in [5.41, 5.74) is 2.74. The number of morpholine rings is 1. The maximum absolute atomic E-state index is 12.9. The molecule has 0 spiro atoms. The number of benzene rings is 2. The Balaban J connectivity index is 1.45. The van der Waals surface area contributed by atoms with Gasteiger partial charge in [0.15, 0.2) is 5.11 Å². The molecule has 2 aromatic carbocycles. The predicted molar refractivity (Wildman–Crippen MR) is 107 cm³/mol. The van der Waals surface area contributed by atoms with Gasteiger partial charge in [0, 0.05) is 25.3 Å². The van der Waals surface area contributed by atoms with Crippen molar-refractivity contribution in [3.8, 4) is 0 Å². The highest BCUT2D eigenvalue weighted by atomic mass is 32.1. The Hall–Kier alpha value is -2.51. The van der Waals surface area contributed by atoms with Gasteiger partial charge in [-0.05, 0) is 47.6 Å². The number of hydrogen-bond acceptors (Lipinski definition) is 3. The number of carbonyl (C=O) groups is 1. The number of nitrogens with one attached hydrogen (secondary N) is 2. The number of halogens is 1. The van der Waals surface area contributed by atoms with E-state index in [-0.39, 0.29) is 11.7 Å². The van der Waals surface area contributed by atoms with Gasteiger partial charge in [0.05, 0.1) is 19.6 Å². The lowest BCUT2D eigenvalue weighted by molar-refractivity contribution is -0.134. The van der Waals surface area contributed by atoms with Crippen LogP contribution in [0, 0.1) is 5.82 Å². The minimum absolute atomic E-state index is 0.121. The summed E-state index contributed by atoms with van der Waals surface area (Å²) in [5.74, 6) is -0.137. The molecule has 3 rings (SSSR count). The lowest BCUT2D eigenvalue weighted by Gasteiger charge is -2.26. The quantitative estimate of drug-likeness (QED) is 0.773. The molecule has 142 valence electrons. The first-order valence-electron chi connectivity index (χ1n) is 8.84. The fourth-order valence-corrected chi connectivity index (χ4v) is 2.96. The first kappa shape index (κ1) is 19.3. The second-order valence-corrected chi connectivity index (χ2v) is 6.71. The molecule has 2 N–H and O–H groups in total. The zero-order valence-corrected chi connectivity index (χ0v) is 15.7. The van der Waals surface area contributed by atoms with Gasteiger partial charge in [-0.15, -0.1) is 0 Å². The van der Waals surface area contributed by atoms with Crippen molar-refractivity contribution >= 4 is 28.9 Å². The van der Waals surface area contributed by atoms with Crippen LogP contribution in [-0.4, -0.2) is 42.2 Å². The van der Waals surface area contributed by atoms with Crippen LogP contribution in [-0.2, 0) is 22.5 Å². The third-order valence-corrected chi connectivity index (χ3v) is 4.54. The second-order valence-electron chi connectivity index (χ2n) is 6.30. The molecule has 7 heteroatoms. The van der Waals surface area contributed by atoms with Crippen molar-refractivity contribution < 1.29 is 13.9 Å². The molecule has 0 atom stereocenters. The van der Waals surface area contributed by atoms with Crippen LogP contribution in [0.25, 0.3) is 0 Å². The number of ether oxygens (including phenoxy) is 1. The predicted octanol–water partition coefficient (Wildman–Crippen LogP) is 2.71. The largest absolute Gasteiger partial charge is 0.378 e. The fraction of sp³-hybridized carbons (Fsp3) is 0.300. The minimum atomic E-state index is -0.258. The maximum atomic E-state index is 12.9. The third kappa shape index (κ3) is 6.01. The van der Waals surface area contributed by atoms with Crippen molar-refractivity contribution in [2.24, 2.45) is 0 Å². The molecule has 0 aliphatic carbocycles. The van der Waals surface area contributed by atoms with Crippen molar-refractivity contribution in [1.82, 2.24) is 10.2 Å². The Labute approximate surface area is 163 Å². The van der Waals surface area contributed by atoms with E-state index in [0.29, 0.717) is 44.4 Å². The van der Waals surface area contributed by atoms with Crippen LogP contribution >= 0.6 is 12.2 Å². The number of carbonyl (C=O) groups excluding carboxylic acids is 1. The molecule has 5 nitrogen and oxygen atoms in total. The summed E-state index contributed by atoms with van der Waals surface area (Å²) in [7, 11) is 0. The van der Waals surface area contributed by atoms with Crippen molar-refractivity contribution in [3.63, 3.8) is 0 Å². The zero-order valence-electron chi connectivity index (χ0n) is 14.9. The average Bonchev–Trinajstić information content (AvgIpc) is 2.70. The number of amides is 1. The molecule has 0 radical (unpaired) electrons. The molecule has 1 amide bonds. The van der Waals surface area contributed by atoms with Gasteiger partial charge in [-0.2, -0.15) is 0 Å². The van der Waals surface area contributed by atoms with Gasteiger partial charge in [-0.1, -0.05) is 24.3 Å². The normalized spacial score (nSPS) is 13.9. The van der Waals surface area contributed by atoms with E-state index in [1.165, 1.54) is 12.1 Å². The molecule has 0 saturated carbocycles. The number of hydrogen-bond donors (Lipinski definition) is 2. The Bertz CT molecular complexity index is 775. The summed E-state index contributed by atoms with van der Waals surface area (Å²) in [5, 5.41) is 6.67. The Morgan fingerprint density at radius 2 is 1.67 bits per heavy atom. The Morgan fingerprint density at radius 3 is 2.33 bits per heavy atom. The lowest BCUT2D eigenvalue weighted by atomic mass is 10.1. The molecular weight excluding hydrogens is 365 g/mol. The highest BCUT2D eigenvalue weighted by Gasteiger charge is 2.16. The summed E-state index contributed by atoms with van der Waals surface area (Å²) >= 11 is 5.28. The van der Waals surface area contributed by atoms with Crippen LogP contribution in [0.4, 0.5) is 10.1 Å². The topological polar surface area (TPSA) is 53.6 Å². The van der Waals surface area contributed by atoms with E-state index in [1.54, 1.807) is 12.1 Å². The van der Waals surface area contributed by atoms with Crippen LogP contribution < -0.4 is 10.6 Å². The second kappa shape index (κ2) is 9.43. The smallest absolute Gasteiger partial charge is 0.227 e. The van der Waals surface area contributed by atoms with Crippen LogP contribution in [0.5, 0.6) is 0 Å². The Morgan fingerprint density at radius 1 is 1.04 bits per heavy atom. The molecule has 1 aliphatic rings. The van der Waals surface area contributed by atoms with Crippen molar-refractivity contribution in [3.05, 3.63) is 65.5 Å². The lowest BCUT2D eigenvalue weighted by Crippen LogP contribution is -2.41. The summed E-state index contributed by atoms with van der Waals surface area (Å²) < 4.78 is 18.2. The van der Waals surface area contributed by atoms with E-state index in [9.17, 15) is 9.18 Å². The van der Waals surface area contributed by atoms with Gasteiger partial charge in [0.1, 0.15) is 5.82 Å². The third-order valence-electron chi connectivity index (χ3n) is 4.30. The first-order valence-corrected chi connectivity index (χ1v) is 9.25. The average molecular weight is 387 g/mol. The fourth-order valence-electron chi connectivity index (χ4n) is 2.76. The molecule has 0 unspecified atom stereocenters. The molecule has 1 heterocycles. The SMILES string of the molecule is O=C(Cc1ccc(NC(=S)NCc2ccc(F)cc2)cc1)N1CCOCC1. The number of thiocarbonyl (C=S) groups is 1. The maximum Gasteiger partial charge on any atom is 0.227 e.